The first-order chi connectivity index (χ1) is 16.0. The zero-order chi connectivity index (χ0) is 23.5. The first-order valence-electron chi connectivity index (χ1n) is 11.6. The summed E-state index contributed by atoms with van der Waals surface area (Å²) in [6, 6.07) is 12.3. The Hall–Kier alpha value is -3.28. The van der Waals surface area contributed by atoms with Crippen LogP contribution in [0, 0.1) is 0 Å². The van der Waals surface area contributed by atoms with E-state index in [4.69, 9.17) is 9.47 Å². The summed E-state index contributed by atoms with van der Waals surface area (Å²) in [7, 11) is 3.03. The summed E-state index contributed by atoms with van der Waals surface area (Å²) < 4.78 is 10.8. The van der Waals surface area contributed by atoms with Crippen LogP contribution in [0.25, 0.3) is 5.76 Å². The van der Waals surface area contributed by atoms with Crippen molar-refractivity contribution < 1.29 is 24.2 Å². The van der Waals surface area contributed by atoms with Gasteiger partial charge in [0.25, 0.3) is 11.7 Å². The summed E-state index contributed by atoms with van der Waals surface area (Å²) in [5, 5.41) is 11.4. The van der Waals surface area contributed by atoms with Gasteiger partial charge in [-0.2, -0.15) is 0 Å². The van der Waals surface area contributed by atoms with Gasteiger partial charge in [-0.25, -0.2) is 0 Å². The van der Waals surface area contributed by atoms with Crippen LogP contribution < -0.4 is 9.47 Å². The second kappa shape index (κ2) is 9.69. The fraction of sp³-hybridized carbons (Fsp3) is 0.407. The molecule has 1 saturated carbocycles. The topological polar surface area (TPSA) is 76.1 Å². The zero-order valence-corrected chi connectivity index (χ0v) is 19.5. The molecule has 2 aromatic carbocycles. The van der Waals surface area contributed by atoms with Crippen LogP contribution in [0.5, 0.6) is 11.5 Å². The van der Waals surface area contributed by atoms with Crippen molar-refractivity contribution in [2.75, 3.05) is 14.2 Å². The number of aliphatic hydroxyl groups excluding tert-OH is 1. The lowest BCUT2D eigenvalue weighted by atomic mass is 9.90. The van der Waals surface area contributed by atoms with Gasteiger partial charge in [-0.15, -0.1) is 0 Å². The van der Waals surface area contributed by atoms with Gasteiger partial charge in [0.2, 0.25) is 0 Å². The number of carbonyl (C=O) groups excluding carboxylic acids is 2. The number of hydrogen-bond donors (Lipinski definition) is 1. The number of ketones is 1. The molecule has 1 aliphatic heterocycles. The van der Waals surface area contributed by atoms with Gasteiger partial charge >= 0.3 is 0 Å². The van der Waals surface area contributed by atoms with E-state index < -0.39 is 17.7 Å². The van der Waals surface area contributed by atoms with Crippen LogP contribution in [-0.2, 0) is 16.0 Å². The van der Waals surface area contributed by atoms with E-state index in [9.17, 15) is 14.7 Å². The first kappa shape index (κ1) is 22.9. The van der Waals surface area contributed by atoms with Crippen LogP contribution in [-0.4, -0.2) is 42.0 Å². The third-order valence-corrected chi connectivity index (χ3v) is 6.81. The average molecular weight is 450 g/mol. The molecule has 0 radical (unpaired) electrons. The lowest BCUT2D eigenvalue weighted by Gasteiger charge is -2.35. The zero-order valence-electron chi connectivity index (χ0n) is 19.5. The number of likely N-dealkylation sites (tertiary alicyclic amines) is 1. The molecular formula is C27H31NO5. The van der Waals surface area contributed by atoms with Gasteiger partial charge in [-0.05, 0) is 48.6 Å². The van der Waals surface area contributed by atoms with E-state index in [2.05, 4.69) is 6.92 Å². The molecule has 1 aliphatic carbocycles. The van der Waals surface area contributed by atoms with E-state index in [0.29, 0.717) is 17.1 Å². The summed E-state index contributed by atoms with van der Waals surface area (Å²) in [5.41, 5.74) is 2.42. The largest absolute Gasteiger partial charge is 0.507 e. The number of carbonyl (C=O) groups is 2. The fourth-order valence-electron chi connectivity index (χ4n) is 4.99. The van der Waals surface area contributed by atoms with Crippen LogP contribution in [0.2, 0.25) is 0 Å². The number of methoxy groups -OCH3 is 2. The van der Waals surface area contributed by atoms with Crippen molar-refractivity contribution in [3.8, 4) is 11.5 Å². The van der Waals surface area contributed by atoms with Crippen LogP contribution in [0.3, 0.4) is 0 Å². The van der Waals surface area contributed by atoms with Gasteiger partial charge in [0.1, 0.15) is 17.3 Å². The Bertz CT molecular complexity index is 1070. The van der Waals surface area contributed by atoms with Crippen molar-refractivity contribution in [3.05, 3.63) is 64.7 Å². The third kappa shape index (κ3) is 4.22. The molecule has 0 bridgehead atoms. The first-order valence-corrected chi connectivity index (χ1v) is 11.6. The number of aliphatic hydroxyl groups is 1. The smallest absolute Gasteiger partial charge is 0.295 e. The van der Waals surface area contributed by atoms with E-state index >= 15 is 0 Å². The predicted octanol–water partition coefficient (Wildman–Crippen LogP) is 5.02. The number of hydrogen-bond acceptors (Lipinski definition) is 5. The summed E-state index contributed by atoms with van der Waals surface area (Å²) in [6.07, 6.45) is 5.80. The Morgan fingerprint density at radius 2 is 1.70 bits per heavy atom. The maximum absolute atomic E-state index is 13.4. The SMILES string of the molecule is CCc1ccc(C2/C(=C(\O)c3cc(OC)ccc3OC)C(=O)C(=O)N2C2CCCCC2)cc1. The standard InChI is InChI=1S/C27H31NO5/c1-4-17-10-12-18(13-11-17)24-23(25(29)21-16-20(32-2)14-15-22(21)33-3)26(30)27(31)28(24)19-8-6-5-7-9-19/h10-16,19,24,29H,4-9H2,1-3H3/b25-23+. The number of amides is 1. The van der Waals surface area contributed by atoms with Crippen molar-refractivity contribution in [2.45, 2.75) is 57.5 Å². The van der Waals surface area contributed by atoms with Gasteiger partial charge in [0.05, 0.1) is 31.4 Å². The molecule has 6 nitrogen and oxygen atoms in total. The van der Waals surface area contributed by atoms with Crippen molar-refractivity contribution in [1.82, 2.24) is 4.90 Å². The molecule has 2 fully saturated rings. The third-order valence-electron chi connectivity index (χ3n) is 6.81. The molecule has 0 aromatic heterocycles. The van der Waals surface area contributed by atoms with E-state index in [1.807, 2.05) is 24.3 Å². The second-order valence-electron chi connectivity index (χ2n) is 8.66. The maximum atomic E-state index is 13.4. The number of nitrogens with zero attached hydrogens (tertiary/aromatic N) is 1. The van der Waals surface area contributed by atoms with Gasteiger partial charge in [-0.3, -0.25) is 9.59 Å². The highest BCUT2D eigenvalue weighted by molar-refractivity contribution is 6.46. The molecule has 1 N–H and O–H groups in total. The highest BCUT2D eigenvalue weighted by Crippen LogP contribution is 2.44. The fourth-order valence-corrected chi connectivity index (χ4v) is 4.99. The number of Topliss-reactive ketones (excluding diaryl/α,β-unsaturated/α-hetero) is 1. The number of rotatable bonds is 6. The molecule has 2 aromatic rings. The number of ether oxygens (including phenoxy) is 2. The quantitative estimate of drug-likeness (QED) is 0.381. The van der Waals surface area contributed by atoms with E-state index in [1.165, 1.54) is 19.8 Å². The summed E-state index contributed by atoms with van der Waals surface area (Å²) in [6.45, 7) is 2.08. The summed E-state index contributed by atoms with van der Waals surface area (Å²) in [4.78, 5) is 28.4. The van der Waals surface area contributed by atoms with Gasteiger partial charge in [0, 0.05) is 6.04 Å². The molecule has 1 atom stereocenters. The molecule has 2 aliphatic rings. The second-order valence-corrected chi connectivity index (χ2v) is 8.66. The van der Waals surface area contributed by atoms with Crippen molar-refractivity contribution in [3.63, 3.8) is 0 Å². The average Bonchev–Trinajstić information content (AvgIpc) is 3.14. The molecule has 1 amide bonds. The molecule has 1 unspecified atom stereocenters. The molecule has 6 heteroatoms. The van der Waals surface area contributed by atoms with Crippen LogP contribution in [0.1, 0.15) is 61.8 Å². The predicted molar refractivity (Wildman–Crippen MR) is 126 cm³/mol. The van der Waals surface area contributed by atoms with Crippen LogP contribution in [0.4, 0.5) is 0 Å². The van der Waals surface area contributed by atoms with Crippen molar-refractivity contribution in [1.29, 1.82) is 0 Å². The van der Waals surface area contributed by atoms with E-state index in [-0.39, 0.29) is 17.4 Å². The van der Waals surface area contributed by atoms with Crippen LogP contribution >= 0.6 is 0 Å². The molecule has 174 valence electrons. The molecule has 1 heterocycles. The van der Waals surface area contributed by atoms with Gasteiger partial charge < -0.3 is 19.5 Å². The van der Waals surface area contributed by atoms with E-state index in [1.54, 1.807) is 23.1 Å². The minimum Gasteiger partial charge on any atom is -0.507 e. The molecule has 0 spiro atoms. The van der Waals surface area contributed by atoms with Gasteiger partial charge in [-0.1, -0.05) is 50.5 Å². The lowest BCUT2D eigenvalue weighted by molar-refractivity contribution is -0.141. The molecular weight excluding hydrogens is 418 g/mol. The lowest BCUT2D eigenvalue weighted by Crippen LogP contribution is -2.40. The highest BCUT2D eigenvalue weighted by atomic mass is 16.5. The summed E-state index contributed by atoms with van der Waals surface area (Å²) in [5.74, 6) is -0.533. The van der Waals surface area contributed by atoms with Crippen LogP contribution in [0.15, 0.2) is 48.0 Å². The monoisotopic (exact) mass is 449 g/mol. The minimum absolute atomic E-state index is 0.0245. The highest BCUT2D eigenvalue weighted by Gasteiger charge is 2.49. The van der Waals surface area contributed by atoms with Crippen molar-refractivity contribution >= 4 is 17.4 Å². The Labute approximate surface area is 194 Å². The number of benzene rings is 2. The normalized spacial score (nSPS) is 20.8. The molecule has 1 saturated heterocycles. The van der Waals surface area contributed by atoms with E-state index in [0.717, 1.165) is 44.1 Å². The van der Waals surface area contributed by atoms with Crippen molar-refractivity contribution in [2.24, 2.45) is 0 Å². The maximum Gasteiger partial charge on any atom is 0.295 e. The molecule has 4 rings (SSSR count). The molecule has 33 heavy (non-hydrogen) atoms. The van der Waals surface area contributed by atoms with Gasteiger partial charge in [0.15, 0.2) is 0 Å². The Kier molecular flexibility index (Phi) is 6.72. The summed E-state index contributed by atoms with van der Waals surface area (Å²) >= 11 is 0. The number of aryl methyl sites for hydroxylation is 1. The Morgan fingerprint density at radius 1 is 1.00 bits per heavy atom. The Morgan fingerprint density at radius 3 is 2.30 bits per heavy atom. The Balaban J connectivity index is 1.90. The minimum atomic E-state index is -0.660.